The lowest BCUT2D eigenvalue weighted by atomic mass is 10.2. The molecule has 1 N–H and O–H groups in total. The minimum absolute atomic E-state index is 0.214. The number of nitrogens with zero attached hydrogens (tertiary/aromatic N) is 3. The summed E-state index contributed by atoms with van der Waals surface area (Å²) >= 11 is 0. The first-order valence-corrected chi connectivity index (χ1v) is 5.53. The molecule has 0 amide bonds. The summed E-state index contributed by atoms with van der Waals surface area (Å²) in [6.45, 7) is 3.29. The van der Waals surface area contributed by atoms with Crippen LogP contribution in [-0.2, 0) is 6.42 Å². The smallest absolute Gasteiger partial charge is 0.132 e. The molecule has 0 aromatic carbocycles. The Morgan fingerprint density at radius 1 is 1.53 bits per heavy atom. The summed E-state index contributed by atoms with van der Waals surface area (Å²) in [5.74, 6) is 0.957. The van der Waals surface area contributed by atoms with Crippen LogP contribution < -0.4 is 4.90 Å². The van der Waals surface area contributed by atoms with Crippen molar-refractivity contribution in [3.8, 4) is 0 Å². The van der Waals surface area contributed by atoms with E-state index in [0.717, 1.165) is 37.3 Å². The second-order valence-electron chi connectivity index (χ2n) is 3.89. The van der Waals surface area contributed by atoms with Gasteiger partial charge in [-0.2, -0.15) is 0 Å². The van der Waals surface area contributed by atoms with E-state index < -0.39 is 0 Å². The summed E-state index contributed by atoms with van der Waals surface area (Å²) in [7, 11) is 0. The molecule has 0 spiro atoms. The lowest BCUT2D eigenvalue weighted by Gasteiger charge is -2.24. The molecular formula is C11H17N3O. The third-order valence-electron chi connectivity index (χ3n) is 2.95. The zero-order valence-electron chi connectivity index (χ0n) is 9.06. The molecule has 15 heavy (non-hydrogen) atoms. The highest BCUT2D eigenvalue weighted by molar-refractivity contribution is 5.41. The summed E-state index contributed by atoms with van der Waals surface area (Å²) in [6, 6.07) is 2.26. The fourth-order valence-electron chi connectivity index (χ4n) is 2.06. The van der Waals surface area contributed by atoms with Crippen molar-refractivity contribution in [3.63, 3.8) is 0 Å². The Morgan fingerprint density at radius 2 is 2.40 bits per heavy atom. The number of aliphatic hydroxyl groups excluding tert-OH is 1. The Labute approximate surface area is 90.0 Å². The predicted molar refractivity (Wildman–Crippen MR) is 58.9 cm³/mol. The van der Waals surface area contributed by atoms with Gasteiger partial charge in [-0.25, -0.2) is 9.97 Å². The molecule has 1 aromatic rings. The molecule has 82 valence electrons. The van der Waals surface area contributed by atoms with Crippen molar-refractivity contribution in [2.45, 2.75) is 32.2 Å². The molecular weight excluding hydrogens is 190 g/mol. The lowest BCUT2D eigenvalue weighted by molar-refractivity contribution is 0.266. The molecule has 0 saturated carbocycles. The molecule has 4 heteroatoms. The van der Waals surface area contributed by atoms with Crippen molar-refractivity contribution in [2.24, 2.45) is 0 Å². The van der Waals surface area contributed by atoms with Gasteiger partial charge in [-0.3, -0.25) is 0 Å². The summed E-state index contributed by atoms with van der Waals surface area (Å²) in [5, 5.41) is 9.24. The Bertz CT molecular complexity index is 329. The predicted octanol–water partition coefficient (Wildman–Crippen LogP) is 1.00. The third-order valence-corrected chi connectivity index (χ3v) is 2.95. The highest BCUT2D eigenvalue weighted by Gasteiger charge is 2.24. The average molecular weight is 207 g/mol. The summed E-state index contributed by atoms with van der Waals surface area (Å²) in [6.07, 6.45) is 4.73. The van der Waals surface area contributed by atoms with Crippen LogP contribution in [-0.4, -0.2) is 34.3 Å². The fraction of sp³-hybridized carbons (Fsp3) is 0.636. The monoisotopic (exact) mass is 207 g/mol. The Hall–Kier alpha value is -1.16. The van der Waals surface area contributed by atoms with Gasteiger partial charge in [0.2, 0.25) is 0 Å². The van der Waals surface area contributed by atoms with Crippen molar-refractivity contribution >= 4 is 5.82 Å². The maximum atomic E-state index is 9.24. The third kappa shape index (κ3) is 2.09. The van der Waals surface area contributed by atoms with Gasteiger partial charge in [-0.05, 0) is 19.3 Å². The van der Waals surface area contributed by atoms with Crippen LogP contribution in [0.1, 0.15) is 25.5 Å². The standard InChI is InChI=1S/C11H17N3O/c1-2-9-6-11(13-8-12-9)14-5-3-4-10(14)7-15/h6,8,10,15H,2-5,7H2,1H3. The number of aromatic nitrogens is 2. The minimum Gasteiger partial charge on any atom is -0.394 e. The van der Waals surface area contributed by atoms with Crippen molar-refractivity contribution in [1.82, 2.24) is 9.97 Å². The van der Waals surface area contributed by atoms with E-state index in [-0.39, 0.29) is 12.6 Å². The van der Waals surface area contributed by atoms with Gasteiger partial charge in [0.05, 0.1) is 12.6 Å². The minimum atomic E-state index is 0.214. The highest BCUT2D eigenvalue weighted by Crippen LogP contribution is 2.23. The van der Waals surface area contributed by atoms with E-state index in [2.05, 4.69) is 21.8 Å². The molecule has 0 radical (unpaired) electrons. The van der Waals surface area contributed by atoms with Gasteiger partial charge in [-0.15, -0.1) is 0 Å². The first-order chi connectivity index (χ1) is 7.35. The molecule has 4 nitrogen and oxygen atoms in total. The lowest BCUT2D eigenvalue weighted by Crippen LogP contribution is -2.32. The van der Waals surface area contributed by atoms with Crippen LogP contribution in [0.4, 0.5) is 5.82 Å². The van der Waals surface area contributed by atoms with Gasteiger partial charge in [0, 0.05) is 18.3 Å². The zero-order valence-corrected chi connectivity index (χ0v) is 9.06. The van der Waals surface area contributed by atoms with Crippen LogP contribution in [0.2, 0.25) is 0 Å². The molecule has 2 rings (SSSR count). The maximum absolute atomic E-state index is 9.24. The normalized spacial score (nSPS) is 20.9. The van der Waals surface area contributed by atoms with Crippen molar-refractivity contribution < 1.29 is 5.11 Å². The van der Waals surface area contributed by atoms with Gasteiger partial charge in [-0.1, -0.05) is 6.92 Å². The first-order valence-electron chi connectivity index (χ1n) is 5.53. The number of aliphatic hydroxyl groups is 1. The van der Waals surface area contributed by atoms with E-state index >= 15 is 0 Å². The van der Waals surface area contributed by atoms with Crippen molar-refractivity contribution in [3.05, 3.63) is 18.1 Å². The van der Waals surface area contributed by atoms with Crippen LogP contribution in [0.3, 0.4) is 0 Å². The molecule has 0 aliphatic carbocycles. The van der Waals surface area contributed by atoms with Crippen LogP contribution in [0.15, 0.2) is 12.4 Å². The fourth-order valence-corrected chi connectivity index (χ4v) is 2.06. The SMILES string of the molecule is CCc1cc(N2CCCC2CO)ncn1. The molecule has 1 fully saturated rings. The van der Waals surface area contributed by atoms with Crippen molar-refractivity contribution in [1.29, 1.82) is 0 Å². The average Bonchev–Trinajstić information content (AvgIpc) is 2.77. The number of hydrogen-bond acceptors (Lipinski definition) is 4. The van der Waals surface area contributed by atoms with E-state index in [4.69, 9.17) is 0 Å². The molecule has 0 bridgehead atoms. The van der Waals surface area contributed by atoms with E-state index in [1.165, 1.54) is 0 Å². The van der Waals surface area contributed by atoms with Gasteiger partial charge < -0.3 is 10.0 Å². The molecule has 1 atom stereocenters. The quantitative estimate of drug-likeness (QED) is 0.803. The summed E-state index contributed by atoms with van der Waals surface area (Å²) in [5.41, 5.74) is 1.06. The van der Waals surface area contributed by atoms with E-state index in [0.29, 0.717) is 0 Å². The van der Waals surface area contributed by atoms with Crippen LogP contribution >= 0.6 is 0 Å². The zero-order chi connectivity index (χ0) is 10.7. The van der Waals surface area contributed by atoms with Gasteiger partial charge in [0.1, 0.15) is 12.1 Å². The number of aryl methyl sites for hydroxylation is 1. The highest BCUT2D eigenvalue weighted by atomic mass is 16.3. The second kappa shape index (κ2) is 4.57. The van der Waals surface area contributed by atoms with Gasteiger partial charge in [0.25, 0.3) is 0 Å². The van der Waals surface area contributed by atoms with Crippen LogP contribution in [0, 0.1) is 0 Å². The van der Waals surface area contributed by atoms with Crippen molar-refractivity contribution in [2.75, 3.05) is 18.1 Å². The number of rotatable bonds is 3. The molecule has 1 aliphatic rings. The van der Waals surface area contributed by atoms with E-state index in [1.54, 1.807) is 6.33 Å². The molecule has 1 aliphatic heterocycles. The molecule has 1 saturated heterocycles. The van der Waals surface area contributed by atoms with Gasteiger partial charge >= 0.3 is 0 Å². The molecule has 2 heterocycles. The maximum Gasteiger partial charge on any atom is 0.132 e. The molecule has 1 unspecified atom stereocenters. The van der Waals surface area contributed by atoms with E-state index in [9.17, 15) is 5.11 Å². The number of hydrogen-bond donors (Lipinski definition) is 1. The van der Waals surface area contributed by atoms with Gasteiger partial charge in [0.15, 0.2) is 0 Å². The van der Waals surface area contributed by atoms with E-state index in [1.807, 2.05) is 6.07 Å². The van der Waals surface area contributed by atoms with Crippen LogP contribution in [0.25, 0.3) is 0 Å². The number of anilines is 1. The largest absolute Gasteiger partial charge is 0.394 e. The first kappa shape index (κ1) is 10.4. The van der Waals surface area contributed by atoms with Crippen LogP contribution in [0.5, 0.6) is 0 Å². The topological polar surface area (TPSA) is 49.2 Å². The Balaban J connectivity index is 2.20. The summed E-state index contributed by atoms with van der Waals surface area (Å²) in [4.78, 5) is 10.6. The molecule has 1 aromatic heterocycles. The second-order valence-corrected chi connectivity index (χ2v) is 3.89. The Morgan fingerprint density at radius 3 is 3.13 bits per heavy atom. The Kier molecular flexibility index (Phi) is 3.16. The summed E-state index contributed by atoms with van der Waals surface area (Å²) < 4.78 is 0.